The zero-order valence-corrected chi connectivity index (χ0v) is 10.6. The summed E-state index contributed by atoms with van der Waals surface area (Å²) in [5.74, 6) is 0.787. The average Bonchev–Trinajstić information content (AvgIpc) is 2.81. The molecule has 0 aromatic heterocycles. The molecule has 2 N–H and O–H groups in total. The van der Waals surface area contributed by atoms with Gasteiger partial charge in [-0.1, -0.05) is 12.1 Å². The molecular weight excluding hydrogens is 214 g/mol. The molecule has 0 aliphatic carbocycles. The van der Waals surface area contributed by atoms with Crippen molar-refractivity contribution in [2.24, 2.45) is 0 Å². The molecule has 1 aliphatic rings. The molecule has 2 rings (SSSR count). The van der Waals surface area contributed by atoms with Crippen LogP contribution in [-0.2, 0) is 0 Å². The molecule has 0 amide bonds. The van der Waals surface area contributed by atoms with Gasteiger partial charge in [-0.2, -0.15) is 0 Å². The minimum absolute atomic E-state index is 0.439. The molecule has 0 bridgehead atoms. The van der Waals surface area contributed by atoms with Crippen molar-refractivity contribution in [3.8, 4) is 5.75 Å². The van der Waals surface area contributed by atoms with Crippen LogP contribution in [0.2, 0.25) is 0 Å². The number of rotatable bonds is 4. The Morgan fingerprint density at radius 3 is 3.00 bits per heavy atom. The van der Waals surface area contributed by atoms with Crippen molar-refractivity contribution in [2.75, 3.05) is 13.7 Å². The lowest BCUT2D eigenvalue weighted by Gasteiger charge is -2.20. The Hall–Kier alpha value is -1.06. The van der Waals surface area contributed by atoms with Crippen molar-refractivity contribution in [1.82, 2.24) is 5.32 Å². The topological polar surface area (TPSA) is 41.5 Å². The second-order valence-electron chi connectivity index (χ2n) is 4.74. The average molecular weight is 235 g/mol. The van der Waals surface area contributed by atoms with E-state index >= 15 is 0 Å². The van der Waals surface area contributed by atoms with E-state index in [0.29, 0.717) is 6.04 Å². The summed E-state index contributed by atoms with van der Waals surface area (Å²) in [4.78, 5) is 0. The first-order chi connectivity index (χ1) is 8.22. The van der Waals surface area contributed by atoms with Gasteiger partial charge in [0, 0.05) is 11.6 Å². The smallest absolute Gasteiger partial charge is 0.124 e. The van der Waals surface area contributed by atoms with Crippen LogP contribution in [0, 0.1) is 6.92 Å². The number of nitrogens with one attached hydrogen (secondary N) is 1. The highest BCUT2D eigenvalue weighted by Crippen LogP contribution is 2.32. The summed E-state index contributed by atoms with van der Waals surface area (Å²) in [6.45, 7) is 3.09. The summed E-state index contributed by atoms with van der Waals surface area (Å²) in [5.41, 5.74) is 2.03. The number of hydrogen-bond acceptors (Lipinski definition) is 3. The van der Waals surface area contributed by atoms with E-state index in [1.54, 1.807) is 7.11 Å². The van der Waals surface area contributed by atoms with Crippen LogP contribution in [0.5, 0.6) is 5.75 Å². The summed E-state index contributed by atoms with van der Waals surface area (Å²) in [6, 6.07) is 6.32. The number of benzene rings is 1. The standard InChI is InChI=1S/C14H21NO2/c1-10-5-3-7-13(17-2)14(10)12(16)9-11-6-4-8-15-11/h3,5,7,11-12,15-16H,4,6,8-9H2,1-2H3/t11-,12-/m0/s1. The Balaban J connectivity index is 2.14. The van der Waals surface area contributed by atoms with Crippen LogP contribution < -0.4 is 10.1 Å². The normalized spacial score (nSPS) is 21.5. The molecule has 1 aliphatic heterocycles. The van der Waals surface area contributed by atoms with Gasteiger partial charge < -0.3 is 15.2 Å². The van der Waals surface area contributed by atoms with Gasteiger partial charge in [0.1, 0.15) is 5.75 Å². The molecule has 1 heterocycles. The van der Waals surface area contributed by atoms with Gasteiger partial charge in [0.15, 0.2) is 0 Å². The Kier molecular flexibility index (Phi) is 4.02. The van der Waals surface area contributed by atoms with E-state index in [4.69, 9.17) is 4.74 Å². The largest absolute Gasteiger partial charge is 0.496 e. The van der Waals surface area contributed by atoms with Crippen LogP contribution in [0.25, 0.3) is 0 Å². The number of aryl methyl sites for hydroxylation is 1. The van der Waals surface area contributed by atoms with Crippen LogP contribution in [-0.4, -0.2) is 24.8 Å². The lowest BCUT2D eigenvalue weighted by molar-refractivity contribution is 0.150. The van der Waals surface area contributed by atoms with Crippen molar-refractivity contribution < 1.29 is 9.84 Å². The molecule has 1 fully saturated rings. The molecule has 1 aromatic carbocycles. The second kappa shape index (κ2) is 5.52. The zero-order chi connectivity index (χ0) is 12.3. The third kappa shape index (κ3) is 2.79. The first-order valence-electron chi connectivity index (χ1n) is 6.27. The van der Waals surface area contributed by atoms with Gasteiger partial charge in [0.2, 0.25) is 0 Å². The van der Waals surface area contributed by atoms with Gasteiger partial charge in [-0.3, -0.25) is 0 Å². The third-order valence-corrected chi connectivity index (χ3v) is 3.51. The fourth-order valence-electron chi connectivity index (χ4n) is 2.60. The highest BCUT2D eigenvalue weighted by Gasteiger charge is 2.22. The SMILES string of the molecule is COc1cccc(C)c1[C@@H](O)C[C@@H]1CCCN1. The van der Waals surface area contributed by atoms with Crippen molar-refractivity contribution >= 4 is 0 Å². The summed E-state index contributed by atoms with van der Waals surface area (Å²) in [7, 11) is 1.65. The van der Waals surface area contributed by atoms with Crippen molar-refractivity contribution in [2.45, 2.75) is 38.3 Å². The summed E-state index contributed by atoms with van der Waals surface area (Å²) >= 11 is 0. The van der Waals surface area contributed by atoms with Gasteiger partial charge in [0.25, 0.3) is 0 Å². The number of methoxy groups -OCH3 is 1. The molecule has 0 radical (unpaired) electrons. The second-order valence-corrected chi connectivity index (χ2v) is 4.74. The summed E-state index contributed by atoms with van der Waals surface area (Å²) in [5, 5.41) is 13.8. The molecule has 2 atom stereocenters. The van der Waals surface area contributed by atoms with Gasteiger partial charge in [-0.15, -0.1) is 0 Å². The molecule has 3 nitrogen and oxygen atoms in total. The minimum Gasteiger partial charge on any atom is -0.496 e. The van der Waals surface area contributed by atoms with Gasteiger partial charge in [-0.25, -0.2) is 0 Å². The highest BCUT2D eigenvalue weighted by molar-refractivity contribution is 5.41. The Bertz CT molecular complexity index is 372. The van der Waals surface area contributed by atoms with E-state index in [-0.39, 0.29) is 0 Å². The fraction of sp³-hybridized carbons (Fsp3) is 0.571. The first kappa shape index (κ1) is 12.4. The van der Waals surface area contributed by atoms with E-state index in [1.807, 2.05) is 25.1 Å². The van der Waals surface area contributed by atoms with E-state index < -0.39 is 6.10 Å². The summed E-state index contributed by atoms with van der Waals surface area (Å²) in [6.07, 6.45) is 2.69. The molecule has 3 heteroatoms. The number of aliphatic hydroxyl groups is 1. The maximum Gasteiger partial charge on any atom is 0.124 e. The molecular formula is C14H21NO2. The minimum atomic E-state index is -0.443. The van der Waals surface area contributed by atoms with Crippen molar-refractivity contribution in [3.05, 3.63) is 29.3 Å². The first-order valence-corrected chi connectivity index (χ1v) is 6.27. The predicted octanol–water partition coefficient (Wildman–Crippen LogP) is 2.18. The molecule has 0 saturated carbocycles. The number of aliphatic hydroxyl groups excluding tert-OH is 1. The van der Waals surface area contributed by atoms with Crippen LogP contribution in [0.3, 0.4) is 0 Å². The quantitative estimate of drug-likeness (QED) is 0.840. The third-order valence-electron chi connectivity index (χ3n) is 3.51. The summed E-state index contributed by atoms with van der Waals surface area (Å²) < 4.78 is 5.33. The van der Waals surface area contributed by atoms with Crippen LogP contribution in [0.1, 0.15) is 36.5 Å². The molecule has 0 spiro atoms. The molecule has 1 aromatic rings. The van der Waals surface area contributed by atoms with Crippen molar-refractivity contribution in [1.29, 1.82) is 0 Å². The van der Waals surface area contributed by atoms with Crippen LogP contribution in [0.15, 0.2) is 18.2 Å². The van der Waals surface area contributed by atoms with E-state index in [2.05, 4.69) is 5.32 Å². The Labute approximate surface area is 103 Å². The monoisotopic (exact) mass is 235 g/mol. The molecule has 1 saturated heterocycles. The van der Waals surface area contributed by atoms with Gasteiger partial charge in [-0.05, 0) is 44.4 Å². The molecule has 0 unspecified atom stereocenters. The lowest BCUT2D eigenvalue weighted by Crippen LogP contribution is -2.24. The fourth-order valence-corrected chi connectivity index (χ4v) is 2.60. The Morgan fingerprint density at radius 1 is 1.53 bits per heavy atom. The van der Waals surface area contributed by atoms with E-state index in [9.17, 15) is 5.11 Å². The van der Waals surface area contributed by atoms with E-state index in [1.165, 1.54) is 6.42 Å². The maximum atomic E-state index is 10.4. The van der Waals surface area contributed by atoms with Crippen LogP contribution >= 0.6 is 0 Å². The Morgan fingerprint density at radius 2 is 2.35 bits per heavy atom. The molecule has 94 valence electrons. The van der Waals surface area contributed by atoms with Crippen LogP contribution in [0.4, 0.5) is 0 Å². The predicted molar refractivity (Wildman–Crippen MR) is 68.3 cm³/mol. The molecule has 17 heavy (non-hydrogen) atoms. The van der Waals surface area contributed by atoms with Crippen molar-refractivity contribution in [3.63, 3.8) is 0 Å². The van der Waals surface area contributed by atoms with Gasteiger partial charge >= 0.3 is 0 Å². The number of hydrogen-bond donors (Lipinski definition) is 2. The van der Waals surface area contributed by atoms with Gasteiger partial charge in [0.05, 0.1) is 13.2 Å². The zero-order valence-electron chi connectivity index (χ0n) is 10.6. The van der Waals surface area contributed by atoms with E-state index in [0.717, 1.165) is 36.3 Å². The lowest BCUT2D eigenvalue weighted by atomic mass is 9.96. The number of ether oxygens (including phenoxy) is 1. The highest BCUT2D eigenvalue weighted by atomic mass is 16.5. The maximum absolute atomic E-state index is 10.4.